The topological polar surface area (TPSA) is 24.5 Å². The van der Waals surface area contributed by atoms with Crippen LogP contribution in [0.15, 0.2) is 24.3 Å². The van der Waals surface area contributed by atoms with Crippen molar-refractivity contribution in [2.75, 3.05) is 39.4 Å². The highest BCUT2D eigenvalue weighted by atomic mass is 32.1. The lowest BCUT2D eigenvalue weighted by molar-refractivity contribution is 0.0389. The molecule has 1 aliphatic heterocycles. The van der Waals surface area contributed by atoms with Gasteiger partial charge in [0, 0.05) is 31.7 Å². The van der Waals surface area contributed by atoms with Crippen molar-refractivity contribution in [1.82, 2.24) is 10.2 Å². The molecule has 1 aromatic carbocycles. The lowest BCUT2D eigenvalue weighted by Gasteiger charge is -2.26. The zero-order valence-electron chi connectivity index (χ0n) is 11.5. The maximum atomic E-state index is 5.41. The van der Waals surface area contributed by atoms with E-state index in [0.717, 1.165) is 56.4 Å². The molecule has 0 radical (unpaired) electrons. The van der Waals surface area contributed by atoms with E-state index in [1.165, 1.54) is 5.56 Å². The van der Waals surface area contributed by atoms with Gasteiger partial charge in [0.05, 0.1) is 13.2 Å². The van der Waals surface area contributed by atoms with Crippen LogP contribution in [-0.4, -0.2) is 49.3 Å². The van der Waals surface area contributed by atoms with Gasteiger partial charge in [-0.15, -0.1) is 0 Å². The van der Waals surface area contributed by atoms with E-state index in [4.69, 9.17) is 17.0 Å². The summed E-state index contributed by atoms with van der Waals surface area (Å²) in [5.41, 5.74) is 2.45. The summed E-state index contributed by atoms with van der Waals surface area (Å²) in [6.45, 7) is 7.84. The van der Waals surface area contributed by atoms with Gasteiger partial charge in [-0.25, -0.2) is 0 Å². The zero-order chi connectivity index (χ0) is 13.5. The van der Waals surface area contributed by atoms with E-state index >= 15 is 0 Å². The first-order valence-electron chi connectivity index (χ1n) is 6.97. The summed E-state index contributed by atoms with van der Waals surface area (Å²) in [5.74, 6) is 0. The van der Waals surface area contributed by atoms with E-state index in [0.29, 0.717) is 0 Å². The van der Waals surface area contributed by atoms with Gasteiger partial charge in [0.2, 0.25) is 0 Å². The summed E-state index contributed by atoms with van der Waals surface area (Å²) in [4.78, 5) is 3.25. The molecule has 2 rings (SSSR count). The Bertz CT molecular complexity index is 399. The number of aryl methyl sites for hydroxylation is 1. The van der Waals surface area contributed by atoms with Crippen LogP contribution in [0, 0.1) is 0 Å². The molecule has 0 aromatic heterocycles. The third-order valence-corrected chi connectivity index (χ3v) is 3.82. The maximum absolute atomic E-state index is 5.41. The average molecular weight is 278 g/mol. The van der Waals surface area contributed by atoms with Crippen molar-refractivity contribution in [2.24, 2.45) is 0 Å². The average Bonchev–Trinajstić information content (AvgIpc) is 2.48. The Kier molecular flexibility index (Phi) is 5.76. The van der Waals surface area contributed by atoms with Gasteiger partial charge < -0.3 is 10.1 Å². The predicted molar refractivity (Wildman–Crippen MR) is 82.8 cm³/mol. The molecule has 3 nitrogen and oxygen atoms in total. The number of nitrogens with one attached hydrogen (secondary N) is 1. The highest BCUT2D eigenvalue weighted by molar-refractivity contribution is 7.80. The number of thiocarbonyl (C=S) groups is 1. The molecule has 0 spiro atoms. The largest absolute Gasteiger partial charge is 0.379 e. The first-order valence-corrected chi connectivity index (χ1v) is 7.37. The fourth-order valence-corrected chi connectivity index (χ4v) is 2.38. The molecule has 4 heteroatoms. The van der Waals surface area contributed by atoms with Crippen LogP contribution in [0.4, 0.5) is 0 Å². The molecule has 1 N–H and O–H groups in total. The second-order valence-electron chi connectivity index (χ2n) is 4.76. The summed E-state index contributed by atoms with van der Waals surface area (Å²) in [5, 5.41) is 3.33. The van der Waals surface area contributed by atoms with Crippen LogP contribution < -0.4 is 5.32 Å². The van der Waals surface area contributed by atoms with Gasteiger partial charge in [0.25, 0.3) is 0 Å². The molecular formula is C15H22N2OS. The Morgan fingerprint density at radius 3 is 2.58 bits per heavy atom. The van der Waals surface area contributed by atoms with Gasteiger partial charge in [-0.3, -0.25) is 4.90 Å². The molecule has 104 valence electrons. The number of rotatable bonds is 5. The van der Waals surface area contributed by atoms with Crippen molar-refractivity contribution >= 4 is 17.2 Å². The maximum Gasteiger partial charge on any atom is 0.106 e. The number of nitrogens with zero attached hydrogens (tertiary/aromatic N) is 1. The van der Waals surface area contributed by atoms with Crippen LogP contribution in [0.25, 0.3) is 0 Å². The zero-order valence-corrected chi connectivity index (χ0v) is 12.3. The van der Waals surface area contributed by atoms with Gasteiger partial charge in [-0.2, -0.15) is 0 Å². The minimum absolute atomic E-state index is 0.843. The van der Waals surface area contributed by atoms with E-state index in [9.17, 15) is 0 Å². The molecule has 0 unspecified atom stereocenters. The number of ether oxygens (including phenoxy) is 1. The Morgan fingerprint density at radius 2 is 1.95 bits per heavy atom. The second-order valence-corrected chi connectivity index (χ2v) is 5.17. The molecule has 1 fully saturated rings. The van der Waals surface area contributed by atoms with Crippen LogP contribution >= 0.6 is 12.2 Å². The molecule has 0 bridgehead atoms. The Balaban J connectivity index is 1.73. The third kappa shape index (κ3) is 4.56. The second kappa shape index (κ2) is 7.58. The summed E-state index contributed by atoms with van der Waals surface area (Å²) in [7, 11) is 0. The molecule has 1 saturated heterocycles. The SMILES string of the molecule is CCc1ccc(C(=S)NCCN2CCOCC2)cc1. The summed E-state index contributed by atoms with van der Waals surface area (Å²) >= 11 is 5.41. The Hall–Kier alpha value is -0.970. The van der Waals surface area contributed by atoms with Crippen molar-refractivity contribution in [1.29, 1.82) is 0 Å². The van der Waals surface area contributed by atoms with Crippen molar-refractivity contribution in [3.8, 4) is 0 Å². The van der Waals surface area contributed by atoms with E-state index in [-0.39, 0.29) is 0 Å². The lowest BCUT2D eigenvalue weighted by Crippen LogP contribution is -2.41. The molecule has 1 heterocycles. The first kappa shape index (κ1) is 14.4. The van der Waals surface area contributed by atoms with Gasteiger partial charge in [-0.1, -0.05) is 43.4 Å². The van der Waals surface area contributed by atoms with E-state index < -0.39 is 0 Å². The van der Waals surface area contributed by atoms with Gasteiger partial charge >= 0.3 is 0 Å². The van der Waals surface area contributed by atoms with Crippen LogP contribution in [-0.2, 0) is 11.2 Å². The number of morpholine rings is 1. The summed E-state index contributed by atoms with van der Waals surface area (Å²) < 4.78 is 5.33. The van der Waals surface area contributed by atoms with Crippen LogP contribution in [0.3, 0.4) is 0 Å². The molecule has 19 heavy (non-hydrogen) atoms. The summed E-state index contributed by atoms with van der Waals surface area (Å²) in [6, 6.07) is 8.49. The van der Waals surface area contributed by atoms with Gasteiger partial charge in [0.1, 0.15) is 4.99 Å². The fraction of sp³-hybridized carbons (Fsp3) is 0.533. The van der Waals surface area contributed by atoms with Crippen LogP contribution in [0.1, 0.15) is 18.1 Å². The number of hydrogen-bond donors (Lipinski definition) is 1. The van der Waals surface area contributed by atoms with Crippen molar-refractivity contribution in [3.63, 3.8) is 0 Å². The number of benzene rings is 1. The first-order chi connectivity index (χ1) is 9.29. The highest BCUT2D eigenvalue weighted by Crippen LogP contribution is 2.05. The standard InChI is InChI=1S/C15H22N2OS/c1-2-13-3-5-14(6-4-13)15(19)16-7-8-17-9-11-18-12-10-17/h3-6H,2,7-12H2,1H3,(H,16,19). The normalized spacial score (nSPS) is 16.3. The fourth-order valence-electron chi connectivity index (χ4n) is 2.15. The Morgan fingerprint density at radius 1 is 1.26 bits per heavy atom. The lowest BCUT2D eigenvalue weighted by atomic mass is 10.1. The van der Waals surface area contributed by atoms with Gasteiger partial charge in [0.15, 0.2) is 0 Å². The van der Waals surface area contributed by atoms with E-state index in [2.05, 4.69) is 41.4 Å². The van der Waals surface area contributed by atoms with Crippen LogP contribution in [0.2, 0.25) is 0 Å². The Labute approximate surface area is 120 Å². The molecule has 1 aromatic rings. The minimum atomic E-state index is 0.843. The van der Waals surface area contributed by atoms with E-state index in [1.54, 1.807) is 0 Å². The quantitative estimate of drug-likeness (QED) is 0.831. The monoisotopic (exact) mass is 278 g/mol. The molecule has 0 saturated carbocycles. The predicted octanol–water partition coefficient (Wildman–Crippen LogP) is 1.85. The third-order valence-electron chi connectivity index (χ3n) is 3.44. The molecule has 0 aliphatic carbocycles. The van der Waals surface area contributed by atoms with E-state index in [1.807, 2.05) is 0 Å². The summed E-state index contributed by atoms with van der Waals surface area (Å²) in [6.07, 6.45) is 1.07. The molecule has 1 aliphatic rings. The van der Waals surface area contributed by atoms with Gasteiger partial charge in [-0.05, 0) is 12.0 Å². The van der Waals surface area contributed by atoms with Crippen molar-refractivity contribution < 1.29 is 4.74 Å². The molecular weight excluding hydrogens is 256 g/mol. The molecule has 0 amide bonds. The van der Waals surface area contributed by atoms with Crippen molar-refractivity contribution in [3.05, 3.63) is 35.4 Å². The van der Waals surface area contributed by atoms with Crippen molar-refractivity contribution in [2.45, 2.75) is 13.3 Å². The minimum Gasteiger partial charge on any atom is -0.379 e. The smallest absolute Gasteiger partial charge is 0.106 e. The number of hydrogen-bond acceptors (Lipinski definition) is 3. The van der Waals surface area contributed by atoms with Crippen LogP contribution in [0.5, 0.6) is 0 Å². The molecule has 0 atom stereocenters. The highest BCUT2D eigenvalue weighted by Gasteiger charge is 2.09.